The summed E-state index contributed by atoms with van der Waals surface area (Å²) in [6, 6.07) is 12.5. The second-order valence-corrected chi connectivity index (χ2v) is 7.97. The van der Waals surface area contributed by atoms with Crippen LogP contribution < -0.4 is 4.72 Å². The summed E-state index contributed by atoms with van der Waals surface area (Å²) >= 11 is 0. The lowest BCUT2D eigenvalue weighted by molar-refractivity contribution is 0.485. The predicted octanol–water partition coefficient (Wildman–Crippen LogP) is 3.90. The van der Waals surface area contributed by atoms with Gasteiger partial charge in [0.2, 0.25) is 10.0 Å². The van der Waals surface area contributed by atoms with Crippen molar-refractivity contribution in [2.45, 2.75) is 37.1 Å². The van der Waals surface area contributed by atoms with Crippen molar-refractivity contribution in [3.8, 4) is 11.5 Å². The number of benzene rings is 1. The molecule has 0 saturated carbocycles. The van der Waals surface area contributed by atoms with Crippen LogP contribution in [0.1, 0.15) is 29.7 Å². The number of sulfonamides is 1. The topological polar surface area (TPSA) is 72.5 Å². The van der Waals surface area contributed by atoms with Crippen molar-refractivity contribution in [2.24, 2.45) is 0 Å². The molecule has 4 rings (SSSR count). The van der Waals surface area contributed by atoms with Crippen molar-refractivity contribution in [1.82, 2.24) is 4.72 Å². The number of hydrogen-bond acceptors (Lipinski definition) is 4. The molecule has 0 atom stereocenters. The second-order valence-electron chi connectivity index (χ2n) is 6.21. The van der Waals surface area contributed by atoms with Gasteiger partial charge in [0.1, 0.15) is 5.76 Å². The van der Waals surface area contributed by atoms with Crippen LogP contribution in [0.2, 0.25) is 0 Å². The van der Waals surface area contributed by atoms with E-state index in [-0.39, 0.29) is 6.54 Å². The van der Waals surface area contributed by atoms with Gasteiger partial charge in [0.25, 0.3) is 0 Å². The van der Waals surface area contributed by atoms with Crippen molar-refractivity contribution in [2.75, 3.05) is 0 Å². The molecule has 0 bridgehead atoms. The summed E-state index contributed by atoms with van der Waals surface area (Å²) in [5.41, 5.74) is 2.41. The molecule has 1 aliphatic carbocycles. The Morgan fingerprint density at radius 3 is 2.60 bits per heavy atom. The zero-order valence-electron chi connectivity index (χ0n) is 13.7. The summed E-state index contributed by atoms with van der Waals surface area (Å²) in [6.45, 7) is 0.0973. The largest absolute Gasteiger partial charge is 0.461 e. The molecule has 1 aromatic carbocycles. The SMILES string of the molecule is O=S(=O)(NCc1ccc(-c2ccco2)o1)c1ccc2c(c1)CCCC2. The zero-order valence-corrected chi connectivity index (χ0v) is 14.5. The summed E-state index contributed by atoms with van der Waals surface area (Å²) in [5, 5.41) is 0. The summed E-state index contributed by atoms with van der Waals surface area (Å²) < 4.78 is 38.6. The molecule has 0 aliphatic heterocycles. The van der Waals surface area contributed by atoms with Crippen molar-refractivity contribution >= 4 is 10.0 Å². The van der Waals surface area contributed by atoms with Crippen LogP contribution in [-0.2, 0) is 29.4 Å². The summed E-state index contributed by atoms with van der Waals surface area (Å²) in [5.74, 6) is 1.73. The molecule has 1 N–H and O–H groups in total. The van der Waals surface area contributed by atoms with Crippen molar-refractivity contribution < 1.29 is 17.3 Å². The molecule has 130 valence electrons. The zero-order chi connectivity index (χ0) is 17.3. The highest BCUT2D eigenvalue weighted by atomic mass is 32.2. The number of hydrogen-bond donors (Lipinski definition) is 1. The van der Waals surface area contributed by atoms with Crippen molar-refractivity contribution in [1.29, 1.82) is 0 Å². The minimum atomic E-state index is -3.57. The average molecular weight is 357 g/mol. The van der Waals surface area contributed by atoms with E-state index in [4.69, 9.17) is 8.83 Å². The van der Waals surface area contributed by atoms with E-state index in [2.05, 4.69) is 4.72 Å². The van der Waals surface area contributed by atoms with Crippen LogP contribution in [0.3, 0.4) is 0 Å². The normalized spacial score (nSPS) is 14.4. The first-order valence-electron chi connectivity index (χ1n) is 8.36. The van der Waals surface area contributed by atoms with Crippen LogP contribution in [-0.4, -0.2) is 8.42 Å². The molecule has 0 amide bonds. The summed E-state index contributed by atoms with van der Waals surface area (Å²) in [7, 11) is -3.57. The van der Waals surface area contributed by atoms with Crippen LogP contribution in [0, 0.1) is 0 Å². The Morgan fingerprint density at radius 1 is 0.960 bits per heavy atom. The van der Waals surface area contributed by atoms with E-state index in [1.807, 2.05) is 6.07 Å². The predicted molar refractivity (Wildman–Crippen MR) is 93.5 cm³/mol. The van der Waals surface area contributed by atoms with Crippen molar-refractivity contribution in [3.63, 3.8) is 0 Å². The highest BCUT2D eigenvalue weighted by molar-refractivity contribution is 7.89. The Balaban J connectivity index is 1.48. The van der Waals surface area contributed by atoms with Gasteiger partial charge >= 0.3 is 0 Å². The van der Waals surface area contributed by atoms with E-state index in [1.54, 1.807) is 42.7 Å². The molecule has 2 heterocycles. The van der Waals surface area contributed by atoms with E-state index in [9.17, 15) is 8.42 Å². The summed E-state index contributed by atoms with van der Waals surface area (Å²) in [6.07, 6.45) is 5.84. The fourth-order valence-electron chi connectivity index (χ4n) is 3.15. The van der Waals surface area contributed by atoms with E-state index in [1.165, 1.54) is 12.0 Å². The average Bonchev–Trinajstić information content (AvgIpc) is 3.31. The lowest BCUT2D eigenvalue weighted by atomic mass is 9.92. The molecule has 5 nitrogen and oxygen atoms in total. The Hall–Kier alpha value is -2.31. The first-order valence-corrected chi connectivity index (χ1v) is 9.84. The van der Waals surface area contributed by atoms with Crippen LogP contribution in [0.5, 0.6) is 0 Å². The third-order valence-electron chi connectivity index (χ3n) is 4.49. The van der Waals surface area contributed by atoms with Crippen LogP contribution in [0.25, 0.3) is 11.5 Å². The number of fused-ring (bicyclic) bond motifs is 1. The van der Waals surface area contributed by atoms with Crippen molar-refractivity contribution in [3.05, 3.63) is 65.6 Å². The molecular weight excluding hydrogens is 338 g/mol. The van der Waals surface area contributed by atoms with E-state index >= 15 is 0 Å². The van der Waals surface area contributed by atoms with Gasteiger partial charge in [-0.3, -0.25) is 0 Å². The van der Waals surface area contributed by atoms with Gasteiger partial charge in [-0.1, -0.05) is 6.07 Å². The molecule has 3 aromatic rings. The standard InChI is InChI=1S/C19H19NO4S/c21-25(22,17-9-7-14-4-1-2-5-15(14)12-17)20-13-16-8-10-19(24-16)18-6-3-11-23-18/h3,6-12,20H,1-2,4-5,13H2. The minimum absolute atomic E-state index is 0.0973. The van der Waals surface area contributed by atoms with Crippen LogP contribution in [0.15, 0.2) is 62.5 Å². The summed E-state index contributed by atoms with van der Waals surface area (Å²) in [4.78, 5) is 0.311. The van der Waals surface area contributed by atoms with Gasteiger partial charge in [0.15, 0.2) is 11.5 Å². The van der Waals surface area contributed by atoms with Gasteiger partial charge in [-0.15, -0.1) is 0 Å². The Bertz CT molecular complexity index is 971. The molecule has 0 unspecified atom stereocenters. The van der Waals surface area contributed by atoms with Gasteiger partial charge in [-0.05, 0) is 73.2 Å². The molecule has 25 heavy (non-hydrogen) atoms. The second kappa shape index (κ2) is 6.54. The monoisotopic (exact) mass is 357 g/mol. The van der Waals surface area contributed by atoms with Crippen LogP contribution in [0.4, 0.5) is 0 Å². The number of furan rings is 2. The lowest BCUT2D eigenvalue weighted by Gasteiger charge is -2.16. The Labute approximate surface area is 146 Å². The number of aryl methyl sites for hydroxylation is 2. The van der Waals surface area contributed by atoms with E-state index in [0.29, 0.717) is 22.2 Å². The van der Waals surface area contributed by atoms with Gasteiger partial charge < -0.3 is 8.83 Å². The maximum absolute atomic E-state index is 12.6. The third-order valence-corrected chi connectivity index (χ3v) is 5.89. The number of rotatable bonds is 5. The minimum Gasteiger partial charge on any atom is -0.461 e. The van der Waals surface area contributed by atoms with Gasteiger partial charge in [-0.25, -0.2) is 13.1 Å². The molecule has 0 radical (unpaired) electrons. The van der Waals surface area contributed by atoms with Gasteiger partial charge in [0.05, 0.1) is 17.7 Å². The maximum Gasteiger partial charge on any atom is 0.240 e. The van der Waals surface area contributed by atoms with Gasteiger partial charge in [0, 0.05) is 0 Å². The molecule has 6 heteroatoms. The number of nitrogens with one attached hydrogen (secondary N) is 1. The lowest BCUT2D eigenvalue weighted by Crippen LogP contribution is -2.23. The quantitative estimate of drug-likeness (QED) is 0.752. The van der Waals surface area contributed by atoms with E-state index < -0.39 is 10.0 Å². The smallest absolute Gasteiger partial charge is 0.240 e. The van der Waals surface area contributed by atoms with Crippen LogP contribution >= 0.6 is 0 Å². The third kappa shape index (κ3) is 3.41. The highest BCUT2D eigenvalue weighted by Gasteiger charge is 2.18. The maximum atomic E-state index is 12.6. The highest BCUT2D eigenvalue weighted by Crippen LogP contribution is 2.25. The Morgan fingerprint density at radius 2 is 1.80 bits per heavy atom. The molecular formula is C19H19NO4S. The molecule has 0 fully saturated rings. The molecule has 0 saturated heterocycles. The first kappa shape index (κ1) is 16.2. The Kier molecular flexibility index (Phi) is 4.23. The van der Waals surface area contributed by atoms with Gasteiger partial charge in [-0.2, -0.15) is 0 Å². The van der Waals surface area contributed by atoms with E-state index in [0.717, 1.165) is 24.8 Å². The molecule has 2 aromatic heterocycles. The first-order chi connectivity index (χ1) is 12.1. The fourth-order valence-corrected chi connectivity index (χ4v) is 4.19. The molecule has 0 spiro atoms. The molecule has 1 aliphatic rings. The fraction of sp³-hybridized carbons (Fsp3) is 0.263.